The van der Waals surface area contributed by atoms with E-state index >= 15 is 0 Å². The monoisotopic (exact) mass is 346 g/mol. The lowest BCUT2D eigenvalue weighted by Gasteiger charge is -2.14. The number of hydrogen-bond donors (Lipinski definition) is 3. The summed E-state index contributed by atoms with van der Waals surface area (Å²) in [7, 11) is 1.80. The normalized spacial score (nSPS) is 11.6. The average Bonchev–Trinajstić information content (AvgIpc) is 2.51. The lowest BCUT2D eigenvalue weighted by Crippen LogP contribution is -3.11. The molecule has 0 aliphatic carbocycles. The summed E-state index contributed by atoms with van der Waals surface area (Å²) >= 11 is 5.80. The summed E-state index contributed by atoms with van der Waals surface area (Å²) in [5.74, 6) is -0.284. The molecular formula is C18H21ClN3O2+. The molecule has 0 saturated heterocycles. The summed E-state index contributed by atoms with van der Waals surface area (Å²) in [5, 5.41) is 6.22. The molecule has 24 heavy (non-hydrogen) atoms. The Hall–Kier alpha value is -2.37. The first-order chi connectivity index (χ1) is 11.4. The Bertz CT molecular complexity index is 638. The van der Waals surface area contributed by atoms with Gasteiger partial charge in [-0.1, -0.05) is 29.3 Å². The molecule has 2 rings (SSSR count). The predicted molar refractivity (Wildman–Crippen MR) is 96.5 cm³/mol. The van der Waals surface area contributed by atoms with Crippen molar-refractivity contribution in [2.75, 3.05) is 30.8 Å². The molecule has 3 N–H and O–H groups in total. The van der Waals surface area contributed by atoms with Gasteiger partial charge in [0.15, 0.2) is 13.1 Å². The highest BCUT2D eigenvalue weighted by atomic mass is 35.5. The minimum Gasteiger partial charge on any atom is -0.322 e. The number of amides is 2. The Morgan fingerprint density at radius 2 is 1.29 bits per heavy atom. The van der Waals surface area contributed by atoms with Crippen molar-refractivity contribution < 1.29 is 14.5 Å². The Morgan fingerprint density at radius 1 is 0.875 bits per heavy atom. The van der Waals surface area contributed by atoms with Gasteiger partial charge in [0.1, 0.15) is 0 Å². The van der Waals surface area contributed by atoms with E-state index < -0.39 is 0 Å². The Labute approximate surface area is 146 Å². The average molecular weight is 347 g/mol. The van der Waals surface area contributed by atoms with Gasteiger partial charge in [-0.05, 0) is 43.3 Å². The molecule has 6 heteroatoms. The maximum absolute atomic E-state index is 12.0. The second-order valence-electron chi connectivity index (χ2n) is 5.78. The summed E-state index contributed by atoms with van der Waals surface area (Å²) in [6.45, 7) is 2.40. The lowest BCUT2D eigenvalue weighted by molar-refractivity contribution is -0.862. The van der Waals surface area contributed by atoms with Crippen LogP contribution in [-0.4, -0.2) is 32.0 Å². The van der Waals surface area contributed by atoms with Gasteiger partial charge in [-0.2, -0.15) is 0 Å². The topological polar surface area (TPSA) is 62.6 Å². The third-order valence-electron chi connectivity index (χ3n) is 3.39. The van der Waals surface area contributed by atoms with E-state index in [1.165, 1.54) is 0 Å². The maximum atomic E-state index is 12.0. The van der Waals surface area contributed by atoms with Crippen LogP contribution in [0.4, 0.5) is 11.4 Å². The summed E-state index contributed by atoms with van der Waals surface area (Å²) < 4.78 is 0. The fourth-order valence-electron chi connectivity index (χ4n) is 2.19. The molecule has 1 unspecified atom stereocenters. The van der Waals surface area contributed by atoms with Crippen molar-refractivity contribution in [2.45, 2.75) is 6.92 Å². The third kappa shape index (κ3) is 6.02. The fraction of sp³-hybridized carbons (Fsp3) is 0.222. The minimum atomic E-state index is -0.155. The van der Waals surface area contributed by atoms with Crippen molar-refractivity contribution in [3.05, 3.63) is 59.1 Å². The molecule has 0 bridgehead atoms. The molecule has 5 nitrogen and oxygen atoms in total. The first kappa shape index (κ1) is 18.0. The van der Waals surface area contributed by atoms with Crippen LogP contribution in [0.25, 0.3) is 0 Å². The molecule has 1 atom stereocenters. The molecule has 0 radical (unpaired) electrons. The molecule has 0 aromatic heterocycles. The van der Waals surface area contributed by atoms with Gasteiger partial charge in [-0.15, -0.1) is 0 Å². The SMILES string of the molecule is Cc1ccc(NC(=O)C[NH+](C)CC(=O)Nc2ccc(Cl)cc2)cc1. The Kier molecular flexibility index (Phi) is 6.35. The van der Waals surface area contributed by atoms with Crippen LogP contribution >= 0.6 is 11.6 Å². The van der Waals surface area contributed by atoms with Crippen LogP contribution in [0.15, 0.2) is 48.5 Å². The van der Waals surface area contributed by atoms with Crippen LogP contribution in [0.2, 0.25) is 5.02 Å². The van der Waals surface area contributed by atoms with Crippen LogP contribution in [0.1, 0.15) is 5.56 Å². The molecular weight excluding hydrogens is 326 g/mol. The molecule has 126 valence electrons. The number of likely N-dealkylation sites (N-methyl/N-ethyl adjacent to an activating group) is 1. The smallest absolute Gasteiger partial charge is 0.279 e. The lowest BCUT2D eigenvalue weighted by atomic mass is 10.2. The number of anilines is 2. The highest BCUT2D eigenvalue weighted by molar-refractivity contribution is 6.30. The van der Waals surface area contributed by atoms with Gasteiger partial charge >= 0.3 is 0 Å². The summed E-state index contributed by atoms with van der Waals surface area (Å²) in [5.41, 5.74) is 2.57. The van der Waals surface area contributed by atoms with Crippen LogP contribution in [-0.2, 0) is 9.59 Å². The van der Waals surface area contributed by atoms with Crippen LogP contribution in [0, 0.1) is 6.92 Å². The third-order valence-corrected chi connectivity index (χ3v) is 3.64. The first-order valence-corrected chi connectivity index (χ1v) is 8.03. The van der Waals surface area contributed by atoms with E-state index in [4.69, 9.17) is 11.6 Å². The van der Waals surface area contributed by atoms with E-state index in [0.717, 1.165) is 16.2 Å². The van der Waals surface area contributed by atoms with Gasteiger partial charge in [-0.25, -0.2) is 0 Å². The van der Waals surface area contributed by atoms with E-state index in [2.05, 4.69) is 10.6 Å². The van der Waals surface area contributed by atoms with Crippen molar-refractivity contribution in [3.63, 3.8) is 0 Å². The van der Waals surface area contributed by atoms with E-state index in [1.54, 1.807) is 31.3 Å². The van der Waals surface area contributed by atoms with Crippen LogP contribution < -0.4 is 15.5 Å². The summed E-state index contributed by atoms with van der Waals surface area (Å²) in [4.78, 5) is 24.8. The molecule has 0 heterocycles. The number of hydrogen-bond acceptors (Lipinski definition) is 2. The van der Waals surface area contributed by atoms with Gasteiger partial charge < -0.3 is 15.5 Å². The molecule has 2 aromatic carbocycles. The molecule has 0 spiro atoms. The number of rotatable bonds is 6. The van der Waals surface area contributed by atoms with Crippen molar-refractivity contribution in [1.29, 1.82) is 0 Å². The number of aryl methyl sites for hydroxylation is 1. The highest BCUT2D eigenvalue weighted by Gasteiger charge is 2.14. The van der Waals surface area contributed by atoms with Gasteiger partial charge in [-0.3, -0.25) is 9.59 Å². The molecule has 0 saturated carbocycles. The largest absolute Gasteiger partial charge is 0.322 e. The number of benzene rings is 2. The Morgan fingerprint density at radius 3 is 1.75 bits per heavy atom. The standard InChI is InChI=1S/C18H20ClN3O2/c1-13-3-7-15(8-4-13)20-17(23)11-22(2)12-18(24)21-16-9-5-14(19)6-10-16/h3-10H,11-12H2,1-2H3,(H,20,23)(H,21,24)/p+1. The zero-order chi connectivity index (χ0) is 17.5. The van der Waals surface area contributed by atoms with E-state index in [1.807, 2.05) is 31.2 Å². The predicted octanol–water partition coefficient (Wildman–Crippen LogP) is 1.74. The van der Waals surface area contributed by atoms with Crippen molar-refractivity contribution in [1.82, 2.24) is 0 Å². The summed E-state index contributed by atoms with van der Waals surface area (Å²) in [6, 6.07) is 14.5. The van der Waals surface area contributed by atoms with Crippen LogP contribution in [0.5, 0.6) is 0 Å². The number of halogens is 1. The molecule has 0 aliphatic heterocycles. The van der Waals surface area contributed by atoms with Crippen molar-refractivity contribution in [2.24, 2.45) is 0 Å². The van der Waals surface area contributed by atoms with Gasteiger partial charge in [0.05, 0.1) is 7.05 Å². The molecule has 2 aromatic rings. The molecule has 0 aliphatic rings. The van der Waals surface area contributed by atoms with Gasteiger partial charge in [0.25, 0.3) is 11.8 Å². The zero-order valence-corrected chi connectivity index (χ0v) is 14.5. The highest BCUT2D eigenvalue weighted by Crippen LogP contribution is 2.12. The zero-order valence-electron chi connectivity index (χ0n) is 13.7. The number of carbonyl (C=O) groups excluding carboxylic acids is 2. The van der Waals surface area contributed by atoms with Crippen molar-refractivity contribution >= 4 is 34.8 Å². The minimum absolute atomic E-state index is 0.129. The molecule has 0 fully saturated rings. The fourth-order valence-corrected chi connectivity index (χ4v) is 2.32. The van der Waals surface area contributed by atoms with E-state index in [-0.39, 0.29) is 24.9 Å². The number of quaternary nitrogens is 1. The number of nitrogens with one attached hydrogen (secondary N) is 3. The maximum Gasteiger partial charge on any atom is 0.279 e. The summed E-state index contributed by atoms with van der Waals surface area (Å²) in [6.07, 6.45) is 0. The molecule has 2 amide bonds. The first-order valence-electron chi connectivity index (χ1n) is 7.65. The number of carbonyl (C=O) groups is 2. The van der Waals surface area contributed by atoms with E-state index in [9.17, 15) is 9.59 Å². The van der Waals surface area contributed by atoms with Gasteiger partial charge in [0.2, 0.25) is 0 Å². The second kappa shape index (κ2) is 8.47. The quantitative estimate of drug-likeness (QED) is 0.746. The van der Waals surface area contributed by atoms with Crippen molar-refractivity contribution in [3.8, 4) is 0 Å². The second-order valence-corrected chi connectivity index (χ2v) is 6.22. The van der Waals surface area contributed by atoms with Gasteiger partial charge in [0, 0.05) is 16.4 Å². The van der Waals surface area contributed by atoms with E-state index in [0.29, 0.717) is 10.7 Å². The Balaban J connectivity index is 1.78. The van der Waals surface area contributed by atoms with Crippen LogP contribution in [0.3, 0.4) is 0 Å².